The summed E-state index contributed by atoms with van der Waals surface area (Å²) >= 11 is 0. The number of hydrogen-bond acceptors (Lipinski definition) is 2. The average molecular weight is 172 g/mol. The minimum atomic E-state index is 0.243. The Bertz CT molecular complexity index is 129. The number of carbonyl (C=O) groups excluding carboxylic acids is 1. The van der Waals surface area contributed by atoms with Crippen molar-refractivity contribution < 1.29 is 4.79 Å². The largest absolute Gasteiger partial charge is 0.355 e. The van der Waals surface area contributed by atoms with Gasteiger partial charge in [-0.1, -0.05) is 20.8 Å². The predicted molar refractivity (Wildman–Crippen MR) is 51.0 cm³/mol. The van der Waals surface area contributed by atoms with Gasteiger partial charge in [0.15, 0.2) is 0 Å². The molecule has 0 saturated carbocycles. The number of rotatable bonds is 5. The smallest absolute Gasteiger partial charge is 0.207 e. The highest BCUT2D eigenvalue weighted by atomic mass is 16.1. The lowest BCUT2D eigenvalue weighted by Gasteiger charge is -2.25. The van der Waals surface area contributed by atoms with E-state index < -0.39 is 0 Å². The molecule has 0 rings (SSSR count). The summed E-state index contributed by atoms with van der Waals surface area (Å²) < 4.78 is 0. The molecule has 0 saturated heterocycles. The Balaban J connectivity index is 3.85. The molecular formula is C9H20N2O. The van der Waals surface area contributed by atoms with Crippen LogP contribution in [-0.4, -0.2) is 26.0 Å². The topological polar surface area (TPSA) is 41.1 Å². The maximum atomic E-state index is 10.2. The van der Waals surface area contributed by atoms with Crippen molar-refractivity contribution in [1.29, 1.82) is 0 Å². The van der Waals surface area contributed by atoms with Crippen LogP contribution >= 0.6 is 0 Å². The molecule has 0 bridgehead atoms. The number of amides is 1. The van der Waals surface area contributed by atoms with E-state index in [9.17, 15) is 4.79 Å². The van der Waals surface area contributed by atoms with Crippen molar-refractivity contribution >= 4 is 6.41 Å². The second-order valence-corrected chi connectivity index (χ2v) is 4.30. The number of likely N-dealkylation sites (N-methyl/N-ethyl adjacent to an activating group) is 1. The predicted octanol–water partition coefficient (Wildman–Crippen LogP) is 0.757. The molecule has 0 fully saturated rings. The van der Waals surface area contributed by atoms with E-state index in [-0.39, 0.29) is 11.5 Å². The molecule has 0 unspecified atom stereocenters. The van der Waals surface area contributed by atoms with Crippen LogP contribution in [0.2, 0.25) is 0 Å². The fraction of sp³-hybridized carbons (Fsp3) is 0.889. The van der Waals surface area contributed by atoms with Crippen molar-refractivity contribution in [2.24, 2.45) is 5.41 Å². The Morgan fingerprint density at radius 3 is 2.33 bits per heavy atom. The Morgan fingerprint density at radius 2 is 2.00 bits per heavy atom. The highest BCUT2D eigenvalue weighted by Crippen LogP contribution is 2.20. The van der Waals surface area contributed by atoms with Gasteiger partial charge in [0.05, 0.1) is 0 Å². The lowest BCUT2D eigenvalue weighted by Crippen LogP contribution is -2.39. The molecule has 0 spiro atoms. The summed E-state index contributed by atoms with van der Waals surface area (Å²) in [4.78, 5) is 10.2. The standard InChI is InChI=1S/C9H20N2O/c1-9(2,3)5-8(6-10-4)11-7-12/h7-8,10H,5-6H2,1-4H3,(H,11,12)/t8-/m0/s1. The summed E-state index contributed by atoms with van der Waals surface area (Å²) in [5, 5.41) is 5.85. The first-order valence-electron chi connectivity index (χ1n) is 4.34. The minimum Gasteiger partial charge on any atom is -0.355 e. The highest BCUT2D eigenvalue weighted by Gasteiger charge is 2.17. The Kier molecular flexibility index (Phi) is 4.90. The molecule has 72 valence electrons. The second kappa shape index (κ2) is 5.14. The fourth-order valence-corrected chi connectivity index (χ4v) is 1.27. The van der Waals surface area contributed by atoms with Crippen LogP contribution in [-0.2, 0) is 4.79 Å². The van der Waals surface area contributed by atoms with Gasteiger partial charge in [-0.15, -0.1) is 0 Å². The average Bonchev–Trinajstić information content (AvgIpc) is 1.84. The summed E-state index contributed by atoms with van der Waals surface area (Å²) in [6.45, 7) is 7.34. The van der Waals surface area contributed by atoms with E-state index in [2.05, 4.69) is 31.4 Å². The van der Waals surface area contributed by atoms with Gasteiger partial charge < -0.3 is 10.6 Å². The molecule has 3 nitrogen and oxygen atoms in total. The van der Waals surface area contributed by atoms with Crippen molar-refractivity contribution in [2.75, 3.05) is 13.6 Å². The molecule has 0 aliphatic carbocycles. The van der Waals surface area contributed by atoms with Gasteiger partial charge in [-0.05, 0) is 18.9 Å². The van der Waals surface area contributed by atoms with Crippen LogP contribution in [0, 0.1) is 5.41 Å². The molecule has 0 radical (unpaired) electrons. The summed E-state index contributed by atoms with van der Waals surface area (Å²) in [6.07, 6.45) is 1.76. The van der Waals surface area contributed by atoms with Crippen LogP contribution in [0.4, 0.5) is 0 Å². The molecule has 0 aromatic rings. The maximum absolute atomic E-state index is 10.2. The molecular weight excluding hydrogens is 152 g/mol. The zero-order valence-corrected chi connectivity index (χ0v) is 8.48. The van der Waals surface area contributed by atoms with E-state index in [1.165, 1.54) is 0 Å². The molecule has 3 heteroatoms. The molecule has 2 N–H and O–H groups in total. The van der Waals surface area contributed by atoms with E-state index in [1.807, 2.05) is 7.05 Å². The van der Waals surface area contributed by atoms with Gasteiger partial charge in [0.2, 0.25) is 6.41 Å². The third-order valence-electron chi connectivity index (χ3n) is 1.61. The molecule has 1 amide bonds. The normalized spacial score (nSPS) is 14.0. The minimum absolute atomic E-state index is 0.243. The molecule has 0 aromatic carbocycles. The van der Waals surface area contributed by atoms with Crippen LogP contribution in [0.1, 0.15) is 27.2 Å². The Hall–Kier alpha value is -0.570. The summed E-state index contributed by atoms with van der Waals surface area (Å²) in [6, 6.07) is 0.243. The van der Waals surface area contributed by atoms with Crippen LogP contribution in [0.3, 0.4) is 0 Å². The molecule has 0 aliphatic rings. The van der Waals surface area contributed by atoms with E-state index >= 15 is 0 Å². The highest BCUT2D eigenvalue weighted by molar-refractivity contribution is 5.46. The van der Waals surface area contributed by atoms with Gasteiger partial charge in [-0.2, -0.15) is 0 Å². The first-order chi connectivity index (χ1) is 5.49. The number of carbonyl (C=O) groups is 1. The van der Waals surface area contributed by atoms with Crippen molar-refractivity contribution in [2.45, 2.75) is 33.2 Å². The van der Waals surface area contributed by atoms with Gasteiger partial charge in [0.1, 0.15) is 0 Å². The van der Waals surface area contributed by atoms with Gasteiger partial charge in [0, 0.05) is 12.6 Å². The zero-order chi connectivity index (χ0) is 9.61. The fourth-order valence-electron chi connectivity index (χ4n) is 1.27. The van der Waals surface area contributed by atoms with Crippen molar-refractivity contribution in [3.63, 3.8) is 0 Å². The Morgan fingerprint density at radius 1 is 1.42 bits per heavy atom. The Labute approximate surface area is 74.9 Å². The van der Waals surface area contributed by atoms with Crippen LogP contribution in [0.25, 0.3) is 0 Å². The van der Waals surface area contributed by atoms with Crippen LogP contribution in [0.5, 0.6) is 0 Å². The summed E-state index contributed by atoms with van der Waals surface area (Å²) in [7, 11) is 1.89. The number of nitrogens with one attached hydrogen (secondary N) is 2. The SMILES string of the molecule is CNC[C@H](CC(C)(C)C)NC=O. The molecule has 0 heterocycles. The maximum Gasteiger partial charge on any atom is 0.207 e. The zero-order valence-electron chi connectivity index (χ0n) is 8.48. The van der Waals surface area contributed by atoms with Gasteiger partial charge in [0.25, 0.3) is 0 Å². The lowest BCUT2D eigenvalue weighted by atomic mass is 9.88. The monoisotopic (exact) mass is 172 g/mol. The third-order valence-corrected chi connectivity index (χ3v) is 1.61. The first-order valence-corrected chi connectivity index (χ1v) is 4.34. The third kappa shape index (κ3) is 6.16. The lowest BCUT2D eigenvalue weighted by molar-refractivity contribution is -0.110. The second-order valence-electron chi connectivity index (χ2n) is 4.30. The van der Waals surface area contributed by atoms with Crippen molar-refractivity contribution in [1.82, 2.24) is 10.6 Å². The van der Waals surface area contributed by atoms with Crippen molar-refractivity contribution in [3.05, 3.63) is 0 Å². The van der Waals surface area contributed by atoms with Gasteiger partial charge in [-0.3, -0.25) is 4.79 Å². The van der Waals surface area contributed by atoms with E-state index in [1.54, 1.807) is 0 Å². The van der Waals surface area contributed by atoms with Gasteiger partial charge in [-0.25, -0.2) is 0 Å². The molecule has 0 aromatic heterocycles. The molecule has 0 aliphatic heterocycles. The quantitative estimate of drug-likeness (QED) is 0.601. The number of hydrogen-bond donors (Lipinski definition) is 2. The van der Waals surface area contributed by atoms with Crippen LogP contribution in [0.15, 0.2) is 0 Å². The summed E-state index contributed by atoms with van der Waals surface area (Å²) in [5.74, 6) is 0. The molecule has 12 heavy (non-hydrogen) atoms. The van der Waals surface area contributed by atoms with E-state index in [0.717, 1.165) is 19.4 Å². The molecule has 1 atom stereocenters. The van der Waals surface area contributed by atoms with Crippen LogP contribution < -0.4 is 10.6 Å². The summed E-state index contributed by atoms with van der Waals surface area (Å²) in [5.41, 5.74) is 0.261. The van der Waals surface area contributed by atoms with Crippen molar-refractivity contribution in [3.8, 4) is 0 Å². The first kappa shape index (κ1) is 11.4. The van der Waals surface area contributed by atoms with E-state index in [0.29, 0.717) is 0 Å². The van der Waals surface area contributed by atoms with Gasteiger partial charge >= 0.3 is 0 Å². The van der Waals surface area contributed by atoms with E-state index in [4.69, 9.17) is 0 Å².